The Morgan fingerprint density at radius 1 is 1.32 bits per heavy atom. The fourth-order valence-corrected chi connectivity index (χ4v) is 2.97. The first-order chi connectivity index (χ1) is 9.07. The summed E-state index contributed by atoms with van der Waals surface area (Å²) in [6.07, 6.45) is 3.42. The number of thioether (sulfide) groups is 1. The summed E-state index contributed by atoms with van der Waals surface area (Å²) >= 11 is 14.5. The highest BCUT2D eigenvalue weighted by atomic mass is 35.5. The molecule has 1 heterocycles. The van der Waals surface area contributed by atoms with Crippen LogP contribution in [-0.2, 0) is 0 Å². The molecule has 1 aliphatic heterocycles. The quantitative estimate of drug-likeness (QED) is 0.688. The fourth-order valence-electron chi connectivity index (χ4n) is 1.73. The monoisotopic (exact) mass is 316 g/mol. The molecule has 0 fully saturated rings. The van der Waals surface area contributed by atoms with E-state index in [9.17, 15) is 0 Å². The second-order valence-corrected chi connectivity index (χ2v) is 6.12. The molecular weight excluding hydrogens is 303 g/mol. The number of halogens is 2. The molecule has 1 aromatic carbocycles. The smallest absolute Gasteiger partial charge is 0.219 e. The van der Waals surface area contributed by atoms with Crippen molar-refractivity contribution in [3.63, 3.8) is 0 Å². The third-order valence-electron chi connectivity index (χ3n) is 2.82. The summed E-state index contributed by atoms with van der Waals surface area (Å²) in [5.41, 5.74) is 3.62. The van der Waals surface area contributed by atoms with Gasteiger partial charge in [-0.2, -0.15) is 5.10 Å². The van der Waals surface area contributed by atoms with Gasteiger partial charge in [-0.25, -0.2) is 0 Å². The Labute approximate surface area is 126 Å². The van der Waals surface area contributed by atoms with E-state index in [-0.39, 0.29) is 0 Å². The summed E-state index contributed by atoms with van der Waals surface area (Å²) in [6.45, 7) is 0. The first kappa shape index (κ1) is 14.5. The minimum Gasteiger partial charge on any atom is -0.341 e. The van der Waals surface area contributed by atoms with Crippen LogP contribution in [0, 0.1) is 0 Å². The zero-order valence-corrected chi connectivity index (χ0v) is 12.9. The van der Waals surface area contributed by atoms with Gasteiger partial charge in [0.1, 0.15) is 11.4 Å². The number of aliphatic imine (C=N–C) groups is 1. The zero-order chi connectivity index (χ0) is 13.9. The Hall–Kier alpha value is -0.910. The highest BCUT2D eigenvalue weighted by Crippen LogP contribution is 2.37. The van der Waals surface area contributed by atoms with E-state index in [1.54, 1.807) is 4.90 Å². The summed E-state index contributed by atoms with van der Waals surface area (Å²) in [4.78, 5) is 6.09. The van der Waals surface area contributed by atoms with E-state index >= 15 is 0 Å². The van der Waals surface area contributed by atoms with E-state index < -0.39 is 10.5 Å². The predicted octanol–water partition coefficient (Wildman–Crippen LogP) is 2.93. The van der Waals surface area contributed by atoms with Crippen molar-refractivity contribution in [2.24, 2.45) is 10.1 Å². The number of anilines is 1. The van der Waals surface area contributed by atoms with E-state index in [1.165, 1.54) is 18.1 Å². The molecular formula is C12H14Cl2N4S. The lowest BCUT2D eigenvalue weighted by atomic mass is 10.2. The van der Waals surface area contributed by atoms with Crippen molar-refractivity contribution < 1.29 is 0 Å². The molecule has 4 nitrogen and oxygen atoms in total. The van der Waals surface area contributed by atoms with Crippen molar-refractivity contribution in [3.8, 4) is 0 Å². The van der Waals surface area contributed by atoms with Gasteiger partial charge in [-0.3, -0.25) is 10.4 Å². The van der Waals surface area contributed by atoms with Crippen LogP contribution in [-0.4, -0.2) is 35.2 Å². The first-order valence-corrected chi connectivity index (χ1v) is 7.61. The number of hydrogen-bond acceptors (Lipinski definition) is 5. The van der Waals surface area contributed by atoms with Gasteiger partial charge >= 0.3 is 0 Å². The summed E-state index contributed by atoms with van der Waals surface area (Å²) in [5.74, 6) is 0. The third-order valence-corrected chi connectivity index (χ3v) is 4.47. The third kappa shape index (κ3) is 2.99. The van der Waals surface area contributed by atoms with Gasteiger partial charge in [0.25, 0.3) is 0 Å². The lowest BCUT2D eigenvalue weighted by molar-refractivity contribution is 0.681. The Balaban J connectivity index is 2.28. The van der Waals surface area contributed by atoms with Gasteiger partial charge in [0.2, 0.25) is 4.46 Å². The average Bonchev–Trinajstić information content (AvgIpc) is 2.47. The molecule has 0 saturated heterocycles. The summed E-state index contributed by atoms with van der Waals surface area (Å²) in [5, 5.41) is 4.90. The minimum absolute atomic E-state index is 0.433. The molecule has 1 aromatic rings. The summed E-state index contributed by atoms with van der Waals surface area (Å²) in [7, 11) is 1.84. The first-order valence-electron chi connectivity index (χ1n) is 5.63. The molecule has 102 valence electrons. The predicted molar refractivity (Wildman–Crippen MR) is 85.6 cm³/mol. The van der Waals surface area contributed by atoms with Crippen molar-refractivity contribution in [2.75, 3.05) is 18.2 Å². The molecule has 1 aliphatic rings. The molecule has 1 unspecified atom stereocenters. The van der Waals surface area contributed by atoms with Gasteiger partial charge < -0.3 is 4.90 Å². The maximum Gasteiger partial charge on any atom is 0.219 e. The number of para-hydroxylation sites is 1. The van der Waals surface area contributed by atoms with Crippen LogP contribution in [0.4, 0.5) is 5.69 Å². The molecule has 1 N–H and O–H groups in total. The summed E-state index contributed by atoms with van der Waals surface area (Å²) in [6, 6.07) is 9.27. The fraction of sp³-hybridized carbons (Fsp3) is 0.333. The van der Waals surface area contributed by atoms with Crippen LogP contribution in [0.3, 0.4) is 0 Å². The molecule has 0 aromatic heterocycles. The van der Waals surface area contributed by atoms with Crippen molar-refractivity contribution in [3.05, 3.63) is 30.3 Å². The maximum atomic E-state index is 6.53. The molecule has 0 amide bonds. The van der Waals surface area contributed by atoms with Crippen molar-refractivity contribution in [1.82, 2.24) is 5.43 Å². The number of benzene rings is 1. The number of alkyl halides is 2. The number of likely N-dealkylation sites (N-methyl/N-ethyl adjacent to an activating group) is 1. The SMILES string of the molecule is CSC1=NNC=NC1C(Cl)(Cl)N(C)c1ccccc1. The number of hydrogen-bond donors (Lipinski definition) is 1. The van der Waals surface area contributed by atoms with Gasteiger partial charge in [0, 0.05) is 12.7 Å². The van der Waals surface area contributed by atoms with Crippen LogP contribution in [0.15, 0.2) is 40.4 Å². The van der Waals surface area contributed by atoms with E-state index in [1.807, 2.05) is 43.6 Å². The second kappa shape index (κ2) is 6.03. The van der Waals surface area contributed by atoms with Crippen LogP contribution < -0.4 is 10.3 Å². The lowest BCUT2D eigenvalue weighted by Gasteiger charge is -2.37. The zero-order valence-electron chi connectivity index (χ0n) is 10.5. The molecule has 19 heavy (non-hydrogen) atoms. The van der Waals surface area contributed by atoms with Crippen molar-refractivity contribution >= 4 is 52.0 Å². The minimum atomic E-state index is -1.21. The maximum absolute atomic E-state index is 6.53. The second-order valence-electron chi connectivity index (χ2n) is 3.95. The molecule has 0 saturated carbocycles. The van der Waals surface area contributed by atoms with Crippen molar-refractivity contribution in [2.45, 2.75) is 10.5 Å². The van der Waals surface area contributed by atoms with Gasteiger partial charge in [0.05, 0.1) is 0 Å². The van der Waals surface area contributed by atoms with Gasteiger partial charge in [-0.15, -0.1) is 11.8 Å². The molecule has 0 aliphatic carbocycles. The number of nitrogens with one attached hydrogen (secondary N) is 1. The molecule has 0 bridgehead atoms. The van der Waals surface area contributed by atoms with Gasteiger partial charge in [-0.05, 0) is 18.4 Å². The Bertz CT molecular complexity index is 490. The van der Waals surface area contributed by atoms with Gasteiger partial charge in [0.15, 0.2) is 6.04 Å². The highest BCUT2D eigenvalue weighted by Gasteiger charge is 2.43. The topological polar surface area (TPSA) is 40.0 Å². The van der Waals surface area contributed by atoms with E-state index in [0.717, 1.165) is 10.7 Å². The number of nitrogens with zero attached hydrogens (tertiary/aromatic N) is 3. The molecule has 0 radical (unpaired) electrons. The molecule has 1 atom stereocenters. The molecule has 7 heteroatoms. The van der Waals surface area contributed by atoms with Gasteiger partial charge in [-0.1, -0.05) is 41.4 Å². The molecule has 2 rings (SSSR count). The number of hydrazone groups is 1. The lowest BCUT2D eigenvalue weighted by Crippen LogP contribution is -2.50. The number of rotatable bonds is 3. The highest BCUT2D eigenvalue weighted by molar-refractivity contribution is 8.13. The van der Waals surface area contributed by atoms with E-state index in [2.05, 4.69) is 15.5 Å². The Morgan fingerprint density at radius 3 is 2.63 bits per heavy atom. The Morgan fingerprint density at radius 2 is 2.00 bits per heavy atom. The van der Waals surface area contributed by atoms with Crippen LogP contribution in [0.2, 0.25) is 0 Å². The van der Waals surface area contributed by atoms with E-state index in [4.69, 9.17) is 23.2 Å². The normalized spacial score (nSPS) is 18.7. The Kier molecular flexibility index (Phi) is 4.60. The van der Waals surface area contributed by atoms with Crippen LogP contribution in [0.25, 0.3) is 0 Å². The van der Waals surface area contributed by atoms with Crippen molar-refractivity contribution in [1.29, 1.82) is 0 Å². The van der Waals surface area contributed by atoms with Crippen LogP contribution in [0.1, 0.15) is 0 Å². The van der Waals surface area contributed by atoms with Crippen LogP contribution in [0.5, 0.6) is 0 Å². The standard InChI is InChI=1S/C12H14Cl2N4S/c1-18(9-6-4-3-5-7-9)12(13,14)10-11(19-2)17-16-8-15-10/h3-8,10H,1-2H3,(H,15,16). The average molecular weight is 317 g/mol. The van der Waals surface area contributed by atoms with Crippen LogP contribution >= 0.6 is 35.0 Å². The molecule has 0 spiro atoms. The van der Waals surface area contributed by atoms with E-state index in [0.29, 0.717) is 0 Å². The summed E-state index contributed by atoms with van der Waals surface area (Å²) < 4.78 is -1.21. The largest absolute Gasteiger partial charge is 0.341 e.